The van der Waals surface area contributed by atoms with Crippen LogP contribution in [0.15, 0.2) is 0 Å². The lowest BCUT2D eigenvalue weighted by molar-refractivity contribution is 0.0742. The highest BCUT2D eigenvalue weighted by molar-refractivity contribution is 4.69. The Morgan fingerprint density at radius 2 is 2.00 bits per heavy atom. The maximum atomic E-state index is 5.71. The fourth-order valence-electron chi connectivity index (χ4n) is 2.57. The summed E-state index contributed by atoms with van der Waals surface area (Å²) in [6.45, 7) is 11.3. The molecule has 1 heterocycles. The van der Waals surface area contributed by atoms with E-state index in [1.807, 2.05) is 0 Å². The van der Waals surface area contributed by atoms with E-state index in [4.69, 9.17) is 4.74 Å². The highest BCUT2D eigenvalue weighted by Crippen LogP contribution is 2.13. The summed E-state index contributed by atoms with van der Waals surface area (Å²) in [6, 6.07) is 0. The Kier molecular flexibility index (Phi) is 9.54. The van der Waals surface area contributed by atoms with Crippen molar-refractivity contribution in [2.75, 3.05) is 39.3 Å². The van der Waals surface area contributed by atoms with Crippen LogP contribution < -0.4 is 5.32 Å². The average molecular weight is 256 g/mol. The van der Waals surface area contributed by atoms with Crippen molar-refractivity contribution in [2.45, 2.75) is 58.5 Å². The molecule has 18 heavy (non-hydrogen) atoms. The van der Waals surface area contributed by atoms with Crippen LogP contribution in [0.1, 0.15) is 52.4 Å². The molecule has 0 saturated carbocycles. The molecular formula is C15H32N2O. The molecule has 1 atom stereocenters. The maximum Gasteiger partial charge on any atom is 0.0702 e. The molecule has 0 spiro atoms. The standard InChI is InChI=1S/C15H32N2O/c1-3-16-11-7-5-6-8-12-17(4-2)14-15-10-9-13-18-15/h15-16H,3-14H2,1-2H3. The molecule has 0 amide bonds. The largest absolute Gasteiger partial charge is 0.377 e. The summed E-state index contributed by atoms with van der Waals surface area (Å²) in [5.41, 5.74) is 0. The van der Waals surface area contributed by atoms with Crippen molar-refractivity contribution in [1.29, 1.82) is 0 Å². The minimum Gasteiger partial charge on any atom is -0.377 e. The number of hydrogen-bond acceptors (Lipinski definition) is 3. The SMILES string of the molecule is CCNCCCCCCN(CC)CC1CCCO1. The molecule has 1 aliphatic heterocycles. The van der Waals surface area contributed by atoms with E-state index in [2.05, 4.69) is 24.1 Å². The van der Waals surface area contributed by atoms with Crippen LogP contribution >= 0.6 is 0 Å². The highest BCUT2D eigenvalue weighted by atomic mass is 16.5. The van der Waals surface area contributed by atoms with Crippen LogP contribution in [-0.2, 0) is 4.74 Å². The molecule has 1 fully saturated rings. The Morgan fingerprint density at radius 3 is 2.67 bits per heavy atom. The zero-order valence-electron chi connectivity index (χ0n) is 12.4. The number of ether oxygens (including phenoxy) is 1. The molecule has 0 bridgehead atoms. The fourth-order valence-corrected chi connectivity index (χ4v) is 2.57. The van der Waals surface area contributed by atoms with Crippen LogP contribution in [-0.4, -0.2) is 50.3 Å². The van der Waals surface area contributed by atoms with Crippen LogP contribution in [0.3, 0.4) is 0 Å². The quantitative estimate of drug-likeness (QED) is 0.575. The Morgan fingerprint density at radius 1 is 1.17 bits per heavy atom. The predicted molar refractivity (Wildman–Crippen MR) is 78.1 cm³/mol. The Balaban J connectivity index is 1.94. The molecule has 0 radical (unpaired) electrons. The lowest BCUT2D eigenvalue weighted by Crippen LogP contribution is -2.32. The Hall–Kier alpha value is -0.120. The first-order valence-electron chi connectivity index (χ1n) is 7.91. The van der Waals surface area contributed by atoms with E-state index in [0.717, 1.165) is 26.2 Å². The third kappa shape index (κ3) is 7.34. The van der Waals surface area contributed by atoms with E-state index in [1.54, 1.807) is 0 Å². The highest BCUT2D eigenvalue weighted by Gasteiger charge is 2.17. The monoisotopic (exact) mass is 256 g/mol. The second kappa shape index (κ2) is 10.8. The van der Waals surface area contributed by atoms with Crippen molar-refractivity contribution in [2.24, 2.45) is 0 Å². The number of hydrogen-bond donors (Lipinski definition) is 1. The van der Waals surface area contributed by atoms with Gasteiger partial charge in [0.1, 0.15) is 0 Å². The topological polar surface area (TPSA) is 24.5 Å². The fraction of sp³-hybridized carbons (Fsp3) is 1.00. The molecule has 108 valence electrons. The first kappa shape index (κ1) is 15.9. The van der Waals surface area contributed by atoms with Crippen LogP contribution in [0, 0.1) is 0 Å². The number of rotatable bonds is 11. The Bertz CT molecular complexity index is 181. The molecule has 0 aromatic rings. The molecule has 1 N–H and O–H groups in total. The van der Waals surface area contributed by atoms with E-state index in [0.29, 0.717) is 6.10 Å². The molecule has 0 aromatic heterocycles. The van der Waals surface area contributed by atoms with Gasteiger partial charge in [0, 0.05) is 13.2 Å². The molecule has 3 nitrogen and oxygen atoms in total. The minimum atomic E-state index is 0.513. The lowest BCUT2D eigenvalue weighted by Gasteiger charge is -2.23. The van der Waals surface area contributed by atoms with Gasteiger partial charge in [-0.15, -0.1) is 0 Å². The van der Waals surface area contributed by atoms with Gasteiger partial charge >= 0.3 is 0 Å². The summed E-state index contributed by atoms with van der Waals surface area (Å²) in [4.78, 5) is 2.56. The summed E-state index contributed by atoms with van der Waals surface area (Å²) in [7, 11) is 0. The summed E-state index contributed by atoms with van der Waals surface area (Å²) in [6.07, 6.45) is 8.43. The molecule has 1 unspecified atom stereocenters. The molecule has 3 heteroatoms. The van der Waals surface area contributed by atoms with Crippen molar-refractivity contribution in [3.8, 4) is 0 Å². The molecule has 1 aliphatic rings. The van der Waals surface area contributed by atoms with Gasteiger partial charge < -0.3 is 15.0 Å². The first-order chi connectivity index (χ1) is 8.86. The van der Waals surface area contributed by atoms with Crippen LogP contribution in [0.4, 0.5) is 0 Å². The van der Waals surface area contributed by atoms with E-state index in [-0.39, 0.29) is 0 Å². The maximum absolute atomic E-state index is 5.71. The van der Waals surface area contributed by atoms with Gasteiger partial charge in [0.15, 0.2) is 0 Å². The van der Waals surface area contributed by atoms with Crippen molar-refractivity contribution in [3.63, 3.8) is 0 Å². The predicted octanol–water partition coefficient (Wildman–Crippen LogP) is 2.66. The van der Waals surface area contributed by atoms with Gasteiger partial charge in [0.25, 0.3) is 0 Å². The summed E-state index contributed by atoms with van der Waals surface area (Å²) >= 11 is 0. The van der Waals surface area contributed by atoms with Gasteiger partial charge in [-0.3, -0.25) is 0 Å². The van der Waals surface area contributed by atoms with Crippen molar-refractivity contribution >= 4 is 0 Å². The van der Waals surface area contributed by atoms with E-state index in [9.17, 15) is 0 Å². The van der Waals surface area contributed by atoms with Crippen LogP contribution in [0.5, 0.6) is 0 Å². The zero-order chi connectivity index (χ0) is 13.1. The third-order valence-corrected chi connectivity index (χ3v) is 3.76. The first-order valence-corrected chi connectivity index (χ1v) is 7.91. The second-order valence-electron chi connectivity index (χ2n) is 5.30. The smallest absolute Gasteiger partial charge is 0.0702 e. The van der Waals surface area contributed by atoms with Gasteiger partial charge in [0.05, 0.1) is 6.10 Å². The van der Waals surface area contributed by atoms with Gasteiger partial charge in [-0.25, -0.2) is 0 Å². The normalized spacial score (nSPS) is 19.8. The number of likely N-dealkylation sites (N-methyl/N-ethyl adjacent to an activating group) is 1. The van der Waals surface area contributed by atoms with Gasteiger partial charge in [0.2, 0.25) is 0 Å². The van der Waals surface area contributed by atoms with Crippen molar-refractivity contribution in [3.05, 3.63) is 0 Å². The molecule has 0 aromatic carbocycles. The lowest BCUT2D eigenvalue weighted by atomic mass is 10.1. The van der Waals surface area contributed by atoms with Crippen LogP contribution in [0.2, 0.25) is 0 Å². The van der Waals surface area contributed by atoms with Gasteiger partial charge in [-0.1, -0.05) is 26.7 Å². The van der Waals surface area contributed by atoms with Gasteiger partial charge in [-0.05, 0) is 51.9 Å². The summed E-state index contributed by atoms with van der Waals surface area (Å²) in [5.74, 6) is 0. The molecular weight excluding hydrogens is 224 g/mol. The zero-order valence-corrected chi connectivity index (χ0v) is 12.4. The number of nitrogens with zero attached hydrogens (tertiary/aromatic N) is 1. The van der Waals surface area contributed by atoms with E-state index in [1.165, 1.54) is 51.6 Å². The van der Waals surface area contributed by atoms with Crippen molar-refractivity contribution in [1.82, 2.24) is 10.2 Å². The van der Waals surface area contributed by atoms with Crippen molar-refractivity contribution < 1.29 is 4.74 Å². The number of nitrogens with one attached hydrogen (secondary N) is 1. The Labute approximate surface area is 113 Å². The summed E-state index contributed by atoms with van der Waals surface area (Å²) in [5, 5.41) is 3.38. The molecule has 1 saturated heterocycles. The van der Waals surface area contributed by atoms with Gasteiger partial charge in [-0.2, -0.15) is 0 Å². The molecule has 0 aliphatic carbocycles. The van der Waals surface area contributed by atoms with E-state index < -0.39 is 0 Å². The second-order valence-corrected chi connectivity index (χ2v) is 5.30. The van der Waals surface area contributed by atoms with Crippen LogP contribution in [0.25, 0.3) is 0 Å². The third-order valence-electron chi connectivity index (χ3n) is 3.76. The summed E-state index contributed by atoms with van der Waals surface area (Å²) < 4.78 is 5.71. The van der Waals surface area contributed by atoms with E-state index >= 15 is 0 Å². The number of unbranched alkanes of at least 4 members (excludes halogenated alkanes) is 3. The minimum absolute atomic E-state index is 0.513. The average Bonchev–Trinajstić information content (AvgIpc) is 2.89. The molecule has 1 rings (SSSR count).